The number of nitriles is 2. The van der Waals surface area contributed by atoms with Crippen LogP contribution in [0.25, 0.3) is 0 Å². The number of hydrogen-bond donors (Lipinski definition) is 0. The van der Waals surface area contributed by atoms with Gasteiger partial charge >= 0.3 is 0 Å². The first kappa shape index (κ1) is 17.0. The normalized spacial score (nSPS) is 11.5. The van der Waals surface area contributed by atoms with Crippen molar-refractivity contribution >= 4 is 29.0 Å². The van der Waals surface area contributed by atoms with E-state index in [0.717, 1.165) is 0 Å². The fourth-order valence-corrected chi connectivity index (χ4v) is 2.91. The van der Waals surface area contributed by atoms with Crippen LogP contribution in [0.4, 0.5) is 0 Å². The highest BCUT2D eigenvalue weighted by molar-refractivity contribution is 6.35. The summed E-state index contributed by atoms with van der Waals surface area (Å²) in [5, 5.41) is 19.3. The number of carbonyl (C=O) groups excluding carboxylic acids is 1. The molecule has 2 rings (SSSR count). The Hall–Kier alpha value is -2.33. The number of hydrogen-bond acceptors (Lipinski definition) is 3. The molecule has 0 radical (unpaired) electrons. The van der Waals surface area contributed by atoms with Crippen molar-refractivity contribution in [3.63, 3.8) is 0 Å². The molecule has 5 heteroatoms. The SMILES string of the molecule is N#CC(C#N)C(CC(=O)c1ccccc1)c1ccc(Cl)cc1Cl. The van der Waals surface area contributed by atoms with E-state index in [4.69, 9.17) is 23.2 Å². The van der Waals surface area contributed by atoms with E-state index in [1.807, 2.05) is 18.2 Å². The third-order valence-electron chi connectivity index (χ3n) is 3.54. The van der Waals surface area contributed by atoms with Gasteiger partial charge in [-0.05, 0) is 17.7 Å². The molecule has 2 aromatic carbocycles. The van der Waals surface area contributed by atoms with Crippen molar-refractivity contribution in [2.75, 3.05) is 0 Å². The average molecular weight is 343 g/mol. The van der Waals surface area contributed by atoms with Crippen molar-refractivity contribution in [2.24, 2.45) is 5.92 Å². The summed E-state index contributed by atoms with van der Waals surface area (Å²) in [7, 11) is 0. The van der Waals surface area contributed by atoms with E-state index in [1.54, 1.807) is 42.5 Å². The highest BCUT2D eigenvalue weighted by Gasteiger charge is 2.28. The Labute approximate surface area is 144 Å². The summed E-state index contributed by atoms with van der Waals surface area (Å²) in [6.07, 6.45) is 0.0250. The summed E-state index contributed by atoms with van der Waals surface area (Å²) in [5.41, 5.74) is 1.12. The first-order valence-corrected chi connectivity index (χ1v) is 7.65. The van der Waals surface area contributed by atoms with E-state index >= 15 is 0 Å². The number of ketones is 1. The molecule has 2 aromatic rings. The lowest BCUT2D eigenvalue weighted by Crippen LogP contribution is -2.15. The third kappa shape index (κ3) is 4.11. The molecule has 3 nitrogen and oxygen atoms in total. The molecule has 0 aliphatic rings. The summed E-state index contributed by atoms with van der Waals surface area (Å²) in [6, 6.07) is 17.5. The second-order valence-electron chi connectivity index (χ2n) is 5.00. The molecule has 1 atom stereocenters. The number of rotatable bonds is 5. The Morgan fingerprint density at radius 2 is 1.70 bits per heavy atom. The first-order chi connectivity index (χ1) is 11.1. The van der Waals surface area contributed by atoms with Crippen molar-refractivity contribution in [3.05, 3.63) is 69.7 Å². The lowest BCUT2D eigenvalue weighted by atomic mass is 9.82. The van der Waals surface area contributed by atoms with Crippen molar-refractivity contribution in [1.82, 2.24) is 0 Å². The van der Waals surface area contributed by atoms with Gasteiger partial charge < -0.3 is 0 Å². The fourth-order valence-electron chi connectivity index (χ4n) is 2.36. The van der Waals surface area contributed by atoms with Crippen LogP contribution in [0.5, 0.6) is 0 Å². The minimum atomic E-state index is -0.971. The highest BCUT2D eigenvalue weighted by atomic mass is 35.5. The minimum absolute atomic E-state index is 0.0250. The highest BCUT2D eigenvalue weighted by Crippen LogP contribution is 2.35. The third-order valence-corrected chi connectivity index (χ3v) is 4.11. The van der Waals surface area contributed by atoms with Gasteiger partial charge in [-0.2, -0.15) is 10.5 Å². The zero-order chi connectivity index (χ0) is 16.8. The number of benzene rings is 2. The van der Waals surface area contributed by atoms with Crippen molar-refractivity contribution in [3.8, 4) is 12.1 Å². The van der Waals surface area contributed by atoms with Crippen LogP contribution in [0.15, 0.2) is 48.5 Å². The van der Waals surface area contributed by atoms with Crippen molar-refractivity contribution in [2.45, 2.75) is 12.3 Å². The Kier molecular flexibility index (Phi) is 5.77. The molecular weight excluding hydrogens is 331 g/mol. The molecule has 0 aromatic heterocycles. The number of carbonyl (C=O) groups is 1. The van der Waals surface area contributed by atoms with Gasteiger partial charge in [0, 0.05) is 27.9 Å². The standard InChI is InChI=1S/C18H12Cl2N2O/c19-14-6-7-15(17(20)8-14)16(13(10-21)11-22)9-18(23)12-4-2-1-3-5-12/h1-8,13,16H,9H2. The van der Waals surface area contributed by atoms with Crippen LogP contribution in [0.1, 0.15) is 28.3 Å². The summed E-state index contributed by atoms with van der Waals surface area (Å²) < 4.78 is 0. The van der Waals surface area contributed by atoms with Crippen LogP contribution in [-0.4, -0.2) is 5.78 Å². The van der Waals surface area contributed by atoms with Gasteiger partial charge in [0.25, 0.3) is 0 Å². The second-order valence-corrected chi connectivity index (χ2v) is 5.85. The van der Waals surface area contributed by atoms with Gasteiger partial charge in [-0.15, -0.1) is 0 Å². The molecule has 0 amide bonds. The quantitative estimate of drug-likeness (QED) is 0.717. The molecule has 0 saturated carbocycles. The second kappa shape index (κ2) is 7.79. The van der Waals surface area contributed by atoms with Gasteiger partial charge in [-0.25, -0.2) is 0 Å². The number of nitrogens with zero attached hydrogens (tertiary/aromatic N) is 2. The van der Waals surface area contributed by atoms with E-state index in [9.17, 15) is 15.3 Å². The largest absolute Gasteiger partial charge is 0.294 e. The van der Waals surface area contributed by atoms with Crippen LogP contribution >= 0.6 is 23.2 Å². The van der Waals surface area contributed by atoms with Crippen molar-refractivity contribution in [1.29, 1.82) is 10.5 Å². The molecule has 0 saturated heterocycles. The van der Waals surface area contributed by atoms with Crippen LogP contribution in [0, 0.1) is 28.6 Å². The average Bonchev–Trinajstić information content (AvgIpc) is 2.56. The fraction of sp³-hybridized carbons (Fsp3) is 0.167. The van der Waals surface area contributed by atoms with Gasteiger partial charge in [0.2, 0.25) is 0 Å². The topological polar surface area (TPSA) is 64.7 Å². The number of Topliss-reactive ketones (excluding diaryl/α,β-unsaturated/α-hetero) is 1. The first-order valence-electron chi connectivity index (χ1n) is 6.89. The maximum Gasteiger partial charge on any atom is 0.163 e. The van der Waals surface area contributed by atoms with Crippen LogP contribution in [0.2, 0.25) is 10.0 Å². The van der Waals surface area contributed by atoms with Gasteiger partial charge in [-0.1, -0.05) is 59.6 Å². The summed E-state index contributed by atoms with van der Waals surface area (Å²) in [6.45, 7) is 0. The molecule has 1 unspecified atom stereocenters. The predicted octanol–water partition coefficient (Wildman–Crippen LogP) is 5.01. The van der Waals surface area contributed by atoms with Gasteiger partial charge in [0.1, 0.15) is 5.92 Å². The minimum Gasteiger partial charge on any atom is -0.294 e. The van der Waals surface area contributed by atoms with Gasteiger partial charge in [-0.3, -0.25) is 4.79 Å². The van der Waals surface area contributed by atoms with Crippen molar-refractivity contribution < 1.29 is 4.79 Å². The zero-order valence-electron chi connectivity index (χ0n) is 12.0. The summed E-state index contributed by atoms with van der Waals surface area (Å²) in [5.74, 6) is -1.72. The zero-order valence-corrected chi connectivity index (χ0v) is 13.6. The molecule has 0 N–H and O–H groups in total. The smallest absolute Gasteiger partial charge is 0.163 e. The monoisotopic (exact) mass is 342 g/mol. The molecule has 0 heterocycles. The van der Waals surface area contributed by atoms with E-state index in [1.165, 1.54) is 0 Å². The Bertz CT molecular complexity index is 777. The molecular formula is C18H12Cl2N2O. The summed E-state index contributed by atoms with van der Waals surface area (Å²) >= 11 is 12.1. The van der Waals surface area contributed by atoms with Crippen LogP contribution in [0.3, 0.4) is 0 Å². The molecule has 0 fully saturated rings. The lowest BCUT2D eigenvalue weighted by molar-refractivity contribution is 0.0971. The van der Waals surface area contributed by atoms with E-state index in [-0.39, 0.29) is 12.2 Å². The predicted molar refractivity (Wildman–Crippen MR) is 89.3 cm³/mol. The molecule has 0 aliphatic carbocycles. The summed E-state index contributed by atoms with van der Waals surface area (Å²) in [4.78, 5) is 12.5. The maximum atomic E-state index is 12.5. The molecule has 0 aliphatic heterocycles. The van der Waals surface area contributed by atoms with E-state index < -0.39 is 11.8 Å². The number of halogens is 2. The Morgan fingerprint density at radius 3 is 2.26 bits per heavy atom. The Balaban J connectivity index is 2.38. The Morgan fingerprint density at radius 1 is 1.04 bits per heavy atom. The molecule has 0 bridgehead atoms. The van der Waals surface area contributed by atoms with Gasteiger partial charge in [0.05, 0.1) is 12.1 Å². The van der Waals surface area contributed by atoms with Crippen LogP contribution < -0.4 is 0 Å². The molecule has 0 spiro atoms. The van der Waals surface area contributed by atoms with E-state index in [0.29, 0.717) is 21.2 Å². The maximum absolute atomic E-state index is 12.5. The molecule has 114 valence electrons. The van der Waals surface area contributed by atoms with Gasteiger partial charge in [0.15, 0.2) is 5.78 Å². The lowest BCUT2D eigenvalue weighted by Gasteiger charge is -2.19. The van der Waals surface area contributed by atoms with E-state index in [2.05, 4.69) is 0 Å². The molecule has 23 heavy (non-hydrogen) atoms. The van der Waals surface area contributed by atoms with Crippen LogP contribution in [-0.2, 0) is 0 Å².